The molecule has 0 rings (SSSR count). The Morgan fingerprint density at radius 3 is 1.98 bits per heavy atom. The fourth-order valence-electron chi connectivity index (χ4n) is 3.65. The van der Waals surface area contributed by atoms with Crippen LogP contribution in [0.3, 0.4) is 0 Å². The number of unbranched alkanes of at least 4 members (excludes halogenated alkanes) is 8. The van der Waals surface area contributed by atoms with Gasteiger partial charge in [0.05, 0.1) is 19.8 Å². The van der Waals surface area contributed by atoms with E-state index >= 15 is 0 Å². The van der Waals surface area contributed by atoms with Gasteiger partial charge in [0.25, 0.3) is 0 Å². The van der Waals surface area contributed by atoms with E-state index in [1.165, 1.54) is 0 Å². The molecule has 3 atom stereocenters. The highest BCUT2D eigenvalue weighted by molar-refractivity contribution is 7.47. The van der Waals surface area contributed by atoms with Crippen molar-refractivity contribution < 1.29 is 47.8 Å². The zero-order valence-electron chi connectivity index (χ0n) is 25.7. The number of phosphoric ester groups is 1. The largest absolute Gasteiger partial charge is 0.472 e. The van der Waals surface area contributed by atoms with Gasteiger partial charge in [-0.3, -0.25) is 18.6 Å². The van der Waals surface area contributed by atoms with Crippen LogP contribution in [0.25, 0.3) is 0 Å². The third-order valence-electron chi connectivity index (χ3n) is 6.06. The van der Waals surface area contributed by atoms with Gasteiger partial charge in [-0.2, -0.15) is 0 Å². The van der Waals surface area contributed by atoms with Gasteiger partial charge in [0.1, 0.15) is 12.7 Å². The Kier molecular flexibility index (Phi) is 26.8. The summed E-state index contributed by atoms with van der Waals surface area (Å²) in [4.78, 5) is 34.2. The predicted molar refractivity (Wildman–Crippen MR) is 164 cm³/mol. The quantitative estimate of drug-likeness (QED) is 0.0384. The smallest absolute Gasteiger partial charge is 0.462 e. The number of esters is 2. The van der Waals surface area contributed by atoms with Crippen LogP contribution in [0, 0.1) is 0 Å². The third-order valence-corrected chi connectivity index (χ3v) is 7.01. The standard InChI is InChI=1S/C31H55O10P/c1-3-5-7-9-10-11-12-13-14-15-16-17-18-19-21-23-31(35)41-29(26-38-30(34)22-20-8-6-4-2)27-40-42(36,37)39-25-28(33)24-32/h5,7,10-11,13-14,28-29,32-33H,3-4,6,8-9,12,15-27H2,1-2H3,(H,36,37)/b7-5-,11-10-,14-13-. The molecule has 0 aliphatic heterocycles. The molecule has 0 heterocycles. The maximum atomic E-state index is 12.4. The molecule has 244 valence electrons. The molecule has 0 bridgehead atoms. The van der Waals surface area contributed by atoms with Crippen LogP contribution >= 0.6 is 7.82 Å². The number of phosphoric acid groups is 1. The normalized spacial score (nSPS) is 14.9. The Morgan fingerprint density at radius 2 is 1.31 bits per heavy atom. The minimum Gasteiger partial charge on any atom is -0.462 e. The lowest BCUT2D eigenvalue weighted by Gasteiger charge is -2.20. The van der Waals surface area contributed by atoms with E-state index < -0.39 is 51.8 Å². The van der Waals surface area contributed by atoms with Crippen molar-refractivity contribution >= 4 is 19.8 Å². The van der Waals surface area contributed by atoms with Crippen LogP contribution in [0.2, 0.25) is 0 Å². The first-order chi connectivity index (χ1) is 20.2. The molecule has 0 aliphatic carbocycles. The van der Waals surface area contributed by atoms with E-state index in [-0.39, 0.29) is 19.4 Å². The summed E-state index contributed by atoms with van der Waals surface area (Å²) >= 11 is 0. The second kappa shape index (κ2) is 28.0. The first kappa shape index (κ1) is 40.2. The molecule has 0 aromatic carbocycles. The van der Waals surface area contributed by atoms with Crippen LogP contribution in [0.5, 0.6) is 0 Å². The summed E-state index contributed by atoms with van der Waals surface area (Å²) in [6.45, 7) is 2.05. The van der Waals surface area contributed by atoms with E-state index in [9.17, 15) is 24.2 Å². The molecule has 0 radical (unpaired) electrons. The summed E-state index contributed by atoms with van der Waals surface area (Å²) < 4.78 is 32.1. The molecule has 3 unspecified atom stereocenters. The van der Waals surface area contributed by atoms with Crippen molar-refractivity contribution in [1.82, 2.24) is 0 Å². The summed E-state index contributed by atoms with van der Waals surface area (Å²) in [5.41, 5.74) is 0. The zero-order valence-corrected chi connectivity index (χ0v) is 26.6. The fourth-order valence-corrected chi connectivity index (χ4v) is 4.44. The average Bonchev–Trinajstić information content (AvgIpc) is 2.97. The van der Waals surface area contributed by atoms with Gasteiger partial charge in [-0.25, -0.2) is 4.57 Å². The maximum absolute atomic E-state index is 12.4. The molecule has 0 saturated carbocycles. The minimum atomic E-state index is -4.60. The van der Waals surface area contributed by atoms with Gasteiger partial charge in [0.2, 0.25) is 0 Å². The summed E-state index contributed by atoms with van der Waals surface area (Å²) in [6.07, 6.45) is 23.3. The molecule has 0 saturated heterocycles. The molecule has 0 spiro atoms. The molecular weight excluding hydrogens is 563 g/mol. The zero-order chi connectivity index (χ0) is 31.3. The van der Waals surface area contributed by atoms with Gasteiger partial charge < -0.3 is 24.6 Å². The van der Waals surface area contributed by atoms with E-state index in [4.69, 9.17) is 19.1 Å². The Labute approximate surface area is 252 Å². The van der Waals surface area contributed by atoms with Gasteiger partial charge in [-0.15, -0.1) is 0 Å². The van der Waals surface area contributed by atoms with Crippen LogP contribution < -0.4 is 0 Å². The van der Waals surface area contributed by atoms with Crippen molar-refractivity contribution in [2.75, 3.05) is 26.4 Å². The van der Waals surface area contributed by atoms with Crippen LogP contribution in [0.4, 0.5) is 0 Å². The van der Waals surface area contributed by atoms with Crippen LogP contribution in [-0.2, 0) is 32.7 Å². The summed E-state index contributed by atoms with van der Waals surface area (Å²) in [5, 5.41) is 18.1. The predicted octanol–water partition coefficient (Wildman–Crippen LogP) is 6.49. The molecule has 0 aromatic rings. The van der Waals surface area contributed by atoms with Crippen molar-refractivity contribution in [1.29, 1.82) is 0 Å². The van der Waals surface area contributed by atoms with Crippen molar-refractivity contribution in [2.45, 2.75) is 122 Å². The molecule has 0 aliphatic rings. The first-order valence-corrected chi connectivity index (χ1v) is 16.9. The second-order valence-corrected chi connectivity index (χ2v) is 11.6. The lowest BCUT2D eigenvalue weighted by Crippen LogP contribution is -2.29. The third kappa shape index (κ3) is 27.0. The van der Waals surface area contributed by atoms with Crippen molar-refractivity contribution in [3.05, 3.63) is 36.5 Å². The molecule has 42 heavy (non-hydrogen) atoms. The number of aliphatic hydroxyl groups excluding tert-OH is 2. The Morgan fingerprint density at radius 1 is 0.738 bits per heavy atom. The Hall–Kier alpha value is -1.81. The van der Waals surface area contributed by atoms with Crippen LogP contribution in [-0.4, -0.2) is 65.7 Å². The molecule has 11 heteroatoms. The highest BCUT2D eigenvalue weighted by Gasteiger charge is 2.27. The van der Waals surface area contributed by atoms with E-state index in [0.717, 1.165) is 70.6 Å². The number of carbonyl (C=O) groups excluding carboxylic acids is 2. The van der Waals surface area contributed by atoms with E-state index in [1.54, 1.807) is 0 Å². The van der Waals surface area contributed by atoms with Crippen molar-refractivity contribution in [3.8, 4) is 0 Å². The number of hydrogen-bond acceptors (Lipinski definition) is 9. The minimum absolute atomic E-state index is 0.164. The Balaban J connectivity index is 4.38. The van der Waals surface area contributed by atoms with Crippen LogP contribution in [0.1, 0.15) is 110 Å². The monoisotopic (exact) mass is 618 g/mol. The highest BCUT2D eigenvalue weighted by atomic mass is 31.2. The van der Waals surface area contributed by atoms with E-state index in [0.29, 0.717) is 12.8 Å². The number of hydrogen-bond donors (Lipinski definition) is 3. The van der Waals surface area contributed by atoms with Gasteiger partial charge >= 0.3 is 19.8 Å². The number of aliphatic hydroxyl groups is 2. The van der Waals surface area contributed by atoms with E-state index in [2.05, 4.69) is 54.8 Å². The SMILES string of the molecule is CC/C=C\C/C=C\C/C=C\CCCCCCCC(=O)OC(COC(=O)CCCCCC)COP(=O)(O)OCC(O)CO. The van der Waals surface area contributed by atoms with Crippen molar-refractivity contribution in [2.24, 2.45) is 0 Å². The summed E-state index contributed by atoms with van der Waals surface area (Å²) in [7, 11) is -4.60. The van der Waals surface area contributed by atoms with Gasteiger partial charge in [0.15, 0.2) is 6.10 Å². The lowest BCUT2D eigenvalue weighted by molar-refractivity contribution is -0.161. The summed E-state index contributed by atoms with van der Waals surface area (Å²) in [5.74, 6) is -0.971. The fraction of sp³-hybridized carbons (Fsp3) is 0.742. The molecular formula is C31H55O10P. The van der Waals surface area contributed by atoms with Gasteiger partial charge in [0, 0.05) is 12.8 Å². The number of carbonyl (C=O) groups is 2. The van der Waals surface area contributed by atoms with Crippen molar-refractivity contribution in [3.63, 3.8) is 0 Å². The first-order valence-electron chi connectivity index (χ1n) is 15.4. The average molecular weight is 619 g/mol. The van der Waals surface area contributed by atoms with E-state index in [1.807, 2.05) is 0 Å². The molecule has 0 fully saturated rings. The van der Waals surface area contributed by atoms with Gasteiger partial charge in [-0.05, 0) is 44.9 Å². The van der Waals surface area contributed by atoms with Crippen LogP contribution in [0.15, 0.2) is 36.5 Å². The molecule has 0 amide bonds. The van der Waals surface area contributed by atoms with Gasteiger partial charge in [-0.1, -0.05) is 88.8 Å². The number of allylic oxidation sites excluding steroid dienone is 6. The molecule has 0 aromatic heterocycles. The number of ether oxygens (including phenoxy) is 2. The Bertz CT molecular complexity index is 812. The maximum Gasteiger partial charge on any atom is 0.472 e. The topological polar surface area (TPSA) is 149 Å². The molecule has 3 N–H and O–H groups in total. The molecule has 10 nitrogen and oxygen atoms in total. The highest BCUT2D eigenvalue weighted by Crippen LogP contribution is 2.43. The second-order valence-electron chi connectivity index (χ2n) is 10.1. The number of rotatable bonds is 28. The summed E-state index contributed by atoms with van der Waals surface area (Å²) in [6, 6.07) is 0. The lowest BCUT2D eigenvalue weighted by atomic mass is 10.1.